The molecule has 0 atom stereocenters. The fraction of sp³-hybridized carbons (Fsp3) is 1.00. The smallest absolute Gasteiger partial charge is 0.00300 e. The molecule has 1 heterocycles. The van der Waals surface area contributed by atoms with E-state index in [4.69, 9.17) is 0 Å². The lowest BCUT2D eigenvalue weighted by Gasteiger charge is -2.34. The SMILES string of the molecule is CC.CC1CCN(CC(C)(C)C)CC1. The first-order valence-corrected chi connectivity index (χ1v) is 6.20. The predicted molar refractivity (Wildman–Crippen MR) is 65.6 cm³/mol. The van der Waals surface area contributed by atoms with Crippen molar-refractivity contribution in [2.24, 2.45) is 11.3 Å². The van der Waals surface area contributed by atoms with Gasteiger partial charge in [0.25, 0.3) is 0 Å². The van der Waals surface area contributed by atoms with Gasteiger partial charge in [-0.1, -0.05) is 41.5 Å². The molecule has 0 radical (unpaired) electrons. The molecule has 1 fully saturated rings. The molecule has 0 N–H and O–H groups in total. The molecule has 14 heavy (non-hydrogen) atoms. The highest BCUT2D eigenvalue weighted by Gasteiger charge is 2.20. The van der Waals surface area contributed by atoms with Crippen molar-refractivity contribution < 1.29 is 0 Å². The Morgan fingerprint density at radius 2 is 1.50 bits per heavy atom. The van der Waals surface area contributed by atoms with Crippen LogP contribution in [0.1, 0.15) is 54.4 Å². The first-order valence-electron chi connectivity index (χ1n) is 6.20. The zero-order valence-electron chi connectivity index (χ0n) is 11.1. The van der Waals surface area contributed by atoms with Gasteiger partial charge in [0.1, 0.15) is 0 Å². The van der Waals surface area contributed by atoms with Crippen LogP contribution in [0.5, 0.6) is 0 Å². The number of nitrogens with zero attached hydrogens (tertiary/aromatic N) is 1. The molecule has 1 rings (SSSR count). The summed E-state index contributed by atoms with van der Waals surface area (Å²) < 4.78 is 0. The molecule has 0 aliphatic carbocycles. The Bertz CT molecular complexity index is 127. The van der Waals surface area contributed by atoms with Crippen molar-refractivity contribution in [2.45, 2.75) is 54.4 Å². The minimum Gasteiger partial charge on any atom is -0.303 e. The van der Waals surface area contributed by atoms with Crippen LogP contribution in [0.3, 0.4) is 0 Å². The van der Waals surface area contributed by atoms with Crippen LogP contribution in [-0.2, 0) is 0 Å². The molecule has 1 saturated heterocycles. The van der Waals surface area contributed by atoms with Gasteiger partial charge in [0.05, 0.1) is 0 Å². The van der Waals surface area contributed by atoms with Crippen LogP contribution in [0.25, 0.3) is 0 Å². The average molecular weight is 199 g/mol. The fourth-order valence-electron chi connectivity index (χ4n) is 1.89. The number of hydrogen-bond donors (Lipinski definition) is 0. The average Bonchev–Trinajstić information content (AvgIpc) is 2.10. The van der Waals surface area contributed by atoms with Gasteiger partial charge in [-0.05, 0) is 37.3 Å². The van der Waals surface area contributed by atoms with Gasteiger partial charge in [0.15, 0.2) is 0 Å². The molecule has 0 amide bonds. The first-order chi connectivity index (χ1) is 6.47. The van der Waals surface area contributed by atoms with Crippen molar-refractivity contribution >= 4 is 0 Å². The predicted octanol–water partition coefficient (Wildman–Crippen LogP) is 3.79. The van der Waals surface area contributed by atoms with Gasteiger partial charge < -0.3 is 4.90 Å². The van der Waals surface area contributed by atoms with E-state index in [1.807, 2.05) is 13.8 Å². The number of rotatable bonds is 1. The highest BCUT2D eigenvalue weighted by atomic mass is 15.1. The van der Waals surface area contributed by atoms with Gasteiger partial charge in [0, 0.05) is 6.54 Å². The molecule has 0 aromatic carbocycles. The van der Waals surface area contributed by atoms with E-state index in [0.29, 0.717) is 5.41 Å². The van der Waals surface area contributed by atoms with Crippen LogP contribution in [0.2, 0.25) is 0 Å². The molecule has 0 bridgehead atoms. The number of hydrogen-bond acceptors (Lipinski definition) is 1. The summed E-state index contributed by atoms with van der Waals surface area (Å²) in [6, 6.07) is 0. The molecular weight excluding hydrogens is 170 g/mol. The Hall–Kier alpha value is -0.0400. The third-order valence-corrected chi connectivity index (χ3v) is 2.57. The second kappa shape index (κ2) is 6.44. The van der Waals surface area contributed by atoms with Crippen LogP contribution in [-0.4, -0.2) is 24.5 Å². The van der Waals surface area contributed by atoms with Crippen molar-refractivity contribution in [1.29, 1.82) is 0 Å². The van der Waals surface area contributed by atoms with Gasteiger partial charge in [-0.15, -0.1) is 0 Å². The third-order valence-electron chi connectivity index (χ3n) is 2.57. The van der Waals surface area contributed by atoms with Crippen LogP contribution in [0.15, 0.2) is 0 Å². The second-order valence-corrected chi connectivity index (χ2v) is 5.52. The molecular formula is C13H29N. The molecule has 1 heteroatoms. The van der Waals surface area contributed by atoms with E-state index < -0.39 is 0 Å². The van der Waals surface area contributed by atoms with Crippen LogP contribution >= 0.6 is 0 Å². The highest BCUT2D eigenvalue weighted by Crippen LogP contribution is 2.21. The molecule has 0 saturated carbocycles. The van der Waals surface area contributed by atoms with Crippen LogP contribution in [0.4, 0.5) is 0 Å². The van der Waals surface area contributed by atoms with Crippen molar-refractivity contribution in [2.75, 3.05) is 19.6 Å². The maximum absolute atomic E-state index is 2.61. The van der Waals surface area contributed by atoms with E-state index in [9.17, 15) is 0 Å². The Balaban J connectivity index is 0.000000791. The van der Waals surface area contributed by atoms with Gasteiger partial charge >= 0.3 is 0 Å². The largest absolute Gasteiger partial charge is 0.303 e. The van der Waals surface area contributed by atoms with Crippen molar-refractivity contribution in [3.8, 4) is 0 Å². The standard InChI is InChI=1S/C11H23N.C2H6/c1-10-5-7-12(8-6-10)9-11(2,3)4;1-2/h10H,5-9H2,1-4H3;1-2H3. The highest BCUT2D eigenvalue weighted by molar-refractivity contribution is 4.74. The summed E-state index contributed by atoms with van der Waals surface area (Å²) in [5.41, 5.74) is 0.473. The zero-order chi connectivity index (χ0) is 11.2. The Kier molecular flexibility index (Phi) is 6.43. The van der Waals surface area contributed by atoms with E-state index in [1.54, 1.807) is 0 Å². The maximum Gasteiger partial charge on any atom is 0.00300 e. The number of piperidine rings is 1. The summed E-state index contributed by atoms with van der Waals surface area (Å²) >= 11 is 0. The van der Waals surface area contributed by atoms with Gasteiger partial charge in [0.2, 0.25) is 0 Å². The molecule has 0 aromatic heterocycles. The summed E-state index contributed by atoms with van der Waals surface area (Å²) in [5.74, 6) is 0.959. The van der Waals surface area contributed by atoms with E-state index in [0.717, 1.165) is 5.92 Å². The van der Waals surface area contributed by atoms with Crippen molar-refractivity contribution in [1.82, 2.24) is 4.90 Å². The lowest BCUT2D eigenvalue weighted by Crippen LogP contribution is -2.38. The zero-order valence-corrected chi connectivity index (χ0v) is 11.1. The Labute approximate surface area is 90.9 Å². The molecule has 1 aliphatic heterocycles. The summed E-state index contributed by atoms with van der Waals surface area (Å²) in [6.45, 7) is 17.2. The minimum absolute atomic E-state index is 0.473. The van der Waals surface area contributed by atoms with Gasteiger partial charge in [-0.25, -0.2) is 0 Å². The monoisotopic (exact) mass is 199 g/mol. The Morgan fingerprint density at radius 3 is 1.86 bits per heavy atom. The van der Waals surface area contributed by atoms with E-state index in [1.165, 1.54) is 32.5 Å². The molecule has 0 unspecified atom stereocenters. The number of likely N-dealkylation sites (tertiary alicyclic amines) is 1. The van der Waals surface area contributed by atoms with Gasteiger partial charge in [-0.3, -0.25) is 0 Å². The summed E-state index contributed by atoms with van der Waals surface area (Å²) in [6.07, 6.45) is 2.80. The topological polar surface area (TPSA) is 3.24 Å². The summed E-state index contributed by atoms with van der Waals surface area (Å²) in [5, 5.41) is 0. The van der Waals surface area contributed by atoms with Crippen molar-refractivity contribution in [3.05, 3.63) is 0 Å². The first kappa shape index (κ1) is 14.0. The normalized spacial score (nSPS) is 20.1. The maximum atomic E-state index is 2.61. The quantitative estimate of drug-likeness (QED) is 0.621. The summed E-state index contributed by atoms with van der Waals surface area (Å²) in [4.78, 5) is 2.61. The van der Waals surface area contributed by atoms with Crippen molar-refractivity contribution in [3.63, 3.8) is 0 Å². The van der Waals surface area contributed by atoms with E-state index in [-0.39, 0.29) is 0 Å². The van der Waals surface area contributed by atoms with Crippen LogP contribution < -0.4 is 0 Å². The summed E-state index contributed by atoms with van der Waals surface area (Å²) in [7, 11) is 0. The third kappa shape index (κ3) is 6.42. The van der Waals surface area contributed by atoms with Crippen LogP contribution in [0, 0.1) is 11.3 Å². The Morgan fingerprint density at radius 1 is 1.07 bits per heavy atom. The molecule has 0 aromatic rings. The fourth-order valence-corrected chi connectivity index (χ4v) is 1.89. The molecule has 1 nitrogen and oxygen atoms in total. The lowest BCUT2D eigenvalue weighted by molar-refractivity contribution is 0.141. The lowest BCUT2D eigenvalue weighted by atomic mass is 9.93. The second-order valence-electron chi connectivity index (χ2n) is 5.52. The molecule has 1 aliphatic rings. The van der Waals surface area contributed by atoms with E-state index >= 15 is 0 Å². The van der Waals surface area contributed by atoms with Gasteiger partial charge in [-0.2, -0.15) is 0 Å². The minimum atomic E-state index is 0.473. The van der Waals surface area contributed by atoms with E-state index in [2.05, 4.69) is 32.6 Å². The molecule has 0 spiro atoms. The molecule has 86 valence electrons.